The molecule has 1 saturated heterocycles. The van der Waals surface area contributed by atoms with E-state index in [1.165, 1.54) is 7.11 Å². The first-order chi connectivity index (χ1) is 17.8. The molecule has 0 spiro atoms. The van der Waals surface area contributed by atoms with Crippen molar-refractivity contribution in [1.82, 2.24) is 4.90 Å². The quantitative estimate of drug-likeness (QED) is 0.307. The molecule has 2 amide bonds. The maximum absolute atomic E-state index is 13.4. The van der Waals surface area contributed by atoms with E-state index in [0.29, 0.717) is 26.1 Å². The van der Waals surface area contributed by atoms with Gasteiger partial charge < -0.3 is 33.9 Å². The Labute approximate surface area is 223 Å². The third-order valence-corrected chi connectivity index (χ3v) is 6.79. The molecule has 0 radical (unpaired) electrons. The number of ether oxygens (including phenoxy) is 5. The van der Waals surface area contributed by atoms with Crippen LogP contribution in [0, 0.1) is 0 Å². The summed E-state index contributed by atoms with van der Waals surface area (Å²) < 4.78 is 26.9. The molecule has 0 saturated carbocycles. The van der Waals surface area contributed by atoms with Crippen LogP contribution in [-0.4, -0.2) is 104 Å². The van der Waals surface area contributed by atoms with E-state index in [0.717, 1.165) is 16.5 Å². The zero-order chi connectivity index (χ0) is 26.8. The number of benzene rings is 1. The molecule has 37 heavy (non-hydrogen) atoms. The molecule has 204 valence electrons. The fourth-order valence-corrected chi connectivity index (χ4v) is 4.61. The zero-order valence-electron chi connectivity index (χ0n) is 20.5. The van der Waals surface area contributed by atoms with Crippen molar-refractivity contribution >= 4 is 33.7 Å². The van der Waals surface area contributed by atoms with Crippen molar-refractivity contribution in [3.05, 3.63) is 46.5 Å². The summed E-state index contributed by atoms with van der Waals surface area (Å²) in [5, 5.41) is 19.8. The predicted molar refractivity (Wildman–Crippen MR) is 133 cm³/mol. The van der Waals surface area contributed by atoms with Crippen LogP contribution < -0.4 is 0 Å². The number of rotatable bonds is 14. The maximum atomic E-state index is 13.4. The number of methoxy groups -OCH3 is 1. The van der Waals surface area contributed by atoms with Gasteiger partial charge in [-0.05, 0) is 40.4 Å². The number of ketones is 1. The first-order valence-electron chi connectivity index (χ1n) is 12.0. The van der Waals surface area contributed by atoms with Crippen molar-refractivity contribution in [2.45, 2.75) is 43.3 Å². The number of halogens is 1. The highest BCUT2D eigenvalue weighted by atomic mass is 79.9. The van der Waals surface area contributed by atoms with Crippen LogP contribution >= 0.6 is 15.9 Å². The van der Waals surface area contributed by atoms with Crippen molar-refractivity contribution < 1.29 is 48.3 Å². The Morgan fingerprint density at radius 1 is 1.19 bits per heavy atom. The molecule has 11 nitrogen and oxygen atoms in total. The van der Waals surface area contributed by atoms with E-state index in [2.05, 4.69) is 15.9 Å². The van der Waals surface area contributed by atoms with Crippen molar-refractivity contribution in [1.29, 1.82) is 0 Å². The summed E-state index contributed by atoms with van der Waals surface area (Å²) in [7, 11) is 1.23. The van der Waals surface area contributed by atoms with Crippen LogP contribution in [0.25, 0.3) is 0 Å². The highest BCUT2D eigenvalue weighted by Crippen LogP contribution is 2.36. The standard InChI is InChI=1S/C25H32BrNO10/c1-33-22(23(30)27-18(16-36-24(27)31)14-17-6-3-2-4-7-17)21-19(29)15-20(26)25(32,37-21)8-5-10-34-12-13-35-11-9-28/h2-4,6-7,15,18,21-22,28,32H,5,8-14,16H2,1H3. The van der Waals surface area contributed by atoms with E-state index in [9.17, 15) is 19.5 Å². The minimum atomic E-state index is -1.90. The van der Waals surface area contributed by atoms with Gasteiger partial charge in [-0.15, -0.1) is 0 Å². The number of imide groups is 1. The Morgan fingerprint density at radius 3 is 2.57 bits per heavy atom. The molecular formula is C25H32BrNO10. The van der Waals surface area contributed by atoms with Crippen LogP contribution in [0.2, 0.25) is 0 Å². The fourth-order valence-electron chi connectivity index (χ4n) is 4.09. The largest absolute Gasteiger partial charge is 0.447 e. The molecule has 4 unspecified atom stereocenters. The molecule has 0 aromatic heterocycles. The van der Waals surface area contributed by atoms with Gasteiger partial charge in [0.25, 0.3) is 5.91 Å². The van der Waals surface area contributed by atoms with Crippen LogP contribution in [0.4, 0.5) is 4.79 Å². The Bertz CT molecular complexity index is 958. The number of aliphatic hydroxyl groups excluding tert-OH is 1. The minimum absolute atomic E-state index is 0.00972. The van der Waals surface area contributed by atoms with Crippen molar-refractivity contribution in [3.63, 3.8) is 0 Å². The molecule has 0 bridgehead atoms. The zero-order valence-corrected chi connectivity index (χ0v) is 22.1. The van der Waals surface area contributed by atoms with Crippen LogP contribution in [0.1, 0.15) is 18.4 Å². The number of carbonyl (C=O) groups is 3. The fraction of sp³-hybridized carbons (Fsp3) is 0.560. The maximum Gasteiger partial charge on any atom is 0.417 e. The predicted octanol–water partition coefficient (Wildman–Crippen LogP) is 1.33. The Kier molecular flexibility index (Phi) is 11.2. The molecule has 12 heteroatoms. The van der Waals surface area contributed by atoms with Gasteiger partial charge in [0.05, 0.1) is 37.0 Å². The topological polar surface area (TPSA) is 141 Å². The molecule has 1 fully saturated rings. The monoisotopic (exact) mass is 585 g/mol. The van der Waals surface area contributed by atoms with Gasteiger partial charge in [-0.3, -0.25) is 9.59 Å². The van der Waals surface area contributed by atoms with Gasteiger partial charge in [0.2, 0.25) is 0 Å². The normalized spacial score (nSPS) is 24.6. The summed E-state index contributed by atoms with van der Waals surface area (Å²) in [6.07, 6.45) is -1.86. The first-order valence-corrected chi connectivity index (χ1v) is 12.7. The molecule has 2 N–H and O–H groups in total. The summed E-state index contributed by atoms with van der Waals surface area (Å²) in [4.78, 5) is 39.7. The first kappa shape index (κ1) is 29.4. The second kappa shape index (κ2) is 14.1. The lowest BCUT2D eigenvalue weighted by molar-refractivity contribution is -0.227. The van der Waals surface area contributed by atoms with Crippen LogP contribution in [0.15, 0.2) is 40.9 Å². The number of amides is 2. The van der Waals surface area contributed by atoms with Crippen molar-refractivity contribution in [2.24, 2.45) is 0 Å². The molecule has 1 aromatic rings. The van der Waals surface area contributed by atoms with Gasteiger partial charge in [-0.1, -0.05) is 30.3 Å². The van der Waals surface area contributed by atoms with Gasteiger partial charge in [-0.2, -0.15) is 0 Å². The molecule has 2 aliphatic rings. The average Bonchev–Trinajstić information content (AvgIpc) is 3.24. The van der Waals surface area contributed by atoms with Crippen LogP contribution in [0.5, 0.6) is 0 Å². The molecule has 3 rings (SSSR count). The number of carbonyl (C=O) groups excluding carboxylic acids is 3. The second-order valence-corrected chi connectivity index (χ2v) is 9.41. The van der Waals surface area contributed by atoms with Gasteiger partial charge in [-0.25, -0.2) is 9.69 Å². The van der Waals surface area contributed by atoms with Gasteiger partial charge in [0, 0.05) is 20.1 Å². The molecule has 0 aliphatic carbocycles. The van der Waals surface area contributed by atoms with E-state index in [1.807, 2.05) is 30.3 Å². The highest BCUT2D eigenvalue weighted by Gasteiger charge is 2.50. The number of hydrogen-bond acceptors (Lipinski definition) is 10. The lowest BCUT2D eigenvalue weighted by atomic mass is 9.99. The number of cyclic esters (lactones) is 1. The lowest BCUT2D eigenvalue weighted by Gasteiger charge is -2.38. The Hall–Kier alpha value is -2.19. The van der Waals surface area contributed by atoms with Gasteiger partial charge in [0.15, 0.2) is 23.8 Å². The number of nitrogens with zero attached hydrogens (tertiary/aromatic N) is 1. The summed E-state index contributed by atoms with van der Waals surface area (Å²) in [5.74, 6) is -3.29. The third kappa shape index (κ3) is 7.66. The molecular weight excluding hydrogens is 554 g/mol. The van der Waals surface area contributed by atoms with E-state index in [-0.39, 0.29) is 37.3 Å². The summed E-state index contributed by atoms with van der Waals surface area (Å²) >= 11 is 3.19. The van der Waals surface area contributed by atoms with Crippen molar-refractivity contribution in [2.75, 3.05) is 46.8 Å². The average molecular weight is 586 g/mol. The molecule has 2 aliphatic heterocycles. The molecule has 2 heterocycles. The van der Waals surface area contributed by atoms with Crippen molar-refractivity contribution in [3.8, 4) is 0 Å². The van der Waals surface area contributed by atoms with Crippen LogP contribution in [0.3, 0.4) is 0 Å². The number of aliphatic hydroxyl groups is 2. The summed E-state index contributed by atoms with van der Waals surface area (Å²) in [6.45, 7) is 1.08. The van der Waals surface area contributed by atoms with E-state index in [4.69, 9.17) is 28.8 Å². The van der Waals surface area contributed by atoms with Gasteiger partial charge in [0.1, 0.15) is 6.61 Å². The van der Waals surface area contributed by atoms with Crippen LogP contribution in [-0.2, 0) is 39.7 Å². The van der Waals surface area contributed by atoms with E-state index in [1.54, 1.807) is 0 Å². The lowest BCUT2D eigenvalue weighted by Crippen LogP contribution is -2.56. The molecule has 4 atom stereocenters. The SMILES string of the molecule is COC(C(=O)N1C(=O)OCC1Cc1ccccc1)C1OC(O)(CCCOCCOCCO)C(Br)=CC1=O. The molecule has 1 aromatic carbocycles. The highest BCUT2D eigenvalue weighted by molar-refractivity contribution is 9.11. The minimum Gasteiger partial charge on any atom is -0.447 e. The second-order valence-electron chi connectivity index (χ2n) is 8.55. The van der Waals surface area contributed by atoms with E-state index < -0.39 is 41.8 Å². The van der Waals surface area contributed by atoms with E-state index >= 15 is 0 Å². The number of hydrogen-bond donors (Lipinski definition) is 2. The Morgan fingerprint density at radius 2 is 1.89 bits per heavy atom. The summed E-state index contributed by atoms with van der Waals surface area (Å²) in [6, 6.07) is 8.74. The summed E-state index contributed by atoms with van der Waals surface area (Å²) in [5.41, 5.74) is 0.908. The Balaban J connectivity index is 1.64. The smallest absolute Gasteiger partial charge is 0.417 e. The van der Waals surface area contributed by atoms with Gasteiger partial charge >= 0.3 is 6.09 Å². The third-order valence-electron chi connectivity index (χ3n) is 5.94.